The Balaban J connectivity index is 1.40. The van der Waals surface area contributed by atoms with Crippen molar-refractivity contribution in [1.29, 1.82) is 0 Å². The number of carbonyl (C=O) groups excluding carboxylic acids is 2. The number of primary amides is 1. The van der Waals surface area contributed by atoms with Gasteiger partial charge >= 0.3 is 0 Å². The maximum atomic E-state index is 13.9. The first-order valence-electron chi connectivity index (χ1n) is 13.1. The number of nitrogens with zero attached hydrogens (tertiary/aromatic N) is 8. The lowest BCUT2D eigenvalue weighted by Crippen LogP contribution is -2.51. The first-order chi connectivity index (χ1) is 19.8. The minimum absolute atomic E-state index is 0.0626. The van der Waals surface area contributed by atoms with E-state index in [0.29, 0.717) is 47.7 Å². The van der Waals surface area contributed by atoms with Crippen molar-refractivity contribution in [1.82, 2.24) is 34.0 Å². The van der Waals surface area contributed by atoms with Crippen molar-refractivity contribution < 1.29 is 19.1 Å². The number of piperazine rings is 1. The normalized spacial score (nSPS) is 13.8. The quantitative estimate of drug-likeness (QED) is 0.307. The largest absolute Gasteiger partial charge is 0.504 e. The van der Waals surface area contributed by atoms with E-state index in [4.69, 9.17) is 10.2 Å². The molecule has 0 saturated carbocycles. The van der Waals surface area contributed by atoms with Crippen LogP contribution in [0.25, 0.3) is 28.1 Å². The molecule has 1 aliphatic heterocycles. The molecule has 41 heavy (non-hydrogen) atoms. The van der Waals surface area contributed by atoms with E-state index >= 15 is 0 Å². The van der Waals surface area contributed by atoms with Gasteiger partial charge in [0.25, 0.3) is 11.5 Å². The third-order valence-corrected chi connectivity index (χ3v) is 7.29. The summed E-state index contributed by atoms with van der Waals surface area (Å²) in [6, 6.07) is 7.43. The van der Waals surface area contributed by atoms with Crippen molar-refractivity contribution in [2.45, 2.75) is 26.8 Å². The van der Waals surface area contributed by atoms with Crippen LogP contribution >= 0.6 is 0 Å². The zero-order chi connectivity index (χ0) is 28.8. The third-order valence-electron chi connectivity index (χ3n) is 7.29. The van der Waals surface area contributed by atoms with E-state index in [2.05, 4.69) is 20.1 Å². The molecule has 1 aromatic carbocycles. The van der Waals surface area contributed by atoms with Crippen LogP contribution in [0.1, 0.15) is 28.8 Å². The van der Waals surface area contributed by atoms with E-state index in [0.717, 1.165) is 5.39 Å². The summed E-state index contributed by atoms with van der Waals surface area (Å²) in [5.41, 5.74) is 7.68. The van der Waals surface area contributed by atoms with Crippen molar-refractivity contribution >= 4 is 34.2 Å². The molecule has 4 aromatic heterocycles. The SMILES string of the molecule is CCc1c(N2CCN(C(=O)c3ncnc(C)c3O)CC2)c(=O)n2nc(-c3coc4ccccc34)nc2n1CC(N)=O. The predicted molar refractivity (Wildman–Crippen MR) is 148 cm³/mol. The number of aromatic hydroxyl groups is 1. The van der Waals surface area contributed by atoms with E-state index in [9.17, 15) is 19.5 Å². The number of aromatic nitrogens is 6. The second kappa shape index (κ2) is 10.0. The molecule has 1 aliphatic rings. The predicted octanol–water partition coefficient (Wildman–Crippen LogP) is 1.12. The standard InChI is InChI=1S/C27H27N9O5/c1-3-18-22(33-8-10-34(11-9-33)25(39)21-23(38)15(2)29-14-30-21)26(40)36-27(35(18)12-20(28)37)31-24(32-36)17-13-41-19-7-5-4-6-16(17)19/h4-7,13-14,38H,3,8-12H2,1-2H3,(H2,28,37). The maximum absolute atomic E-state index is 13.9. The van der Waals surface area contributed by atoms with Gasteiger partial charge in [-0.1, -0.05) is 25.1 Å². The molecule has 0 spiro atoms. The first-order valence-corrected chi connectivity index (χ1v) is 13.1. The number of aryl methyl sites for hydroxylation is 1. The maximum Gasteiger partial charge on any atom is 0.299 e. The van der Waals surface area contributed by atoms with Gasteiger partial charge in [-0.05, 0) is 19.4 Å². The molecule has 210 valence electrons. The fraction of sp³-hybridized carbons (Fsp3) is 0.296. The molecule has 1 fully saturated rings. The van der Waals surface area contributed by atoms with Gasteiger partial charge in [0.15, 0.2) is 17.3 Å². The second-order valence-corrected chi connectivity index (χ2v) is 9.73. The Hall–Kier alpha value is -5.27. The van der Waals surface area contributed by atoms with Crippen LogP contribution in [0, 0.1) is 6.92 Å². The number of carbonyl (C=O) groups is 2. The van der Waals surface area contributed by atoms with Crippen LogP contribution in [0.15, 0.2) is 46.1 Å². The zero-order valence-corrected chi connectivity index (χ0v) is 22.4. The summed E-state index contributed by atoms with van der Waals surface area (Å²) >= 11 is 0. The minimum Gasteiger partial charge on any atom is -0.504 e. The molecular weight excluding hydrogens is 530 g/mol. The first kappa shape index (κ1) is 26.0. The van der Waals surface area contributed by atoms with Crippen molar-refractivity contribution in [3.05, 3.63) is 64.3 Å². The number of amides is 2. The van der Waals surface area contributed by atoms with Crippen LogP contribution in [-0.2, 0) is 17.8 Å². The van der Waals surface area contributed by atoms with Gasteiger partial charge in [0, 0.05) is 31.6 Å². The third kappa shape index (κ3) is 4.33. The number of furan rings is 1. The van der Waals surface area contributed by atoms with E-state index < -0.39 is 17.4 Å². The van der Waals surface area contributed by atoms with Gasteiger partial charge in [-0.15, -0.1) is 5.10 Å². The van der Waals surface area contributed by atoms with E-state index in [-0.39, 0.29) is 42.7 Å². The van der Waals surface area contributed by atoms with Gasteiger partial charge in [-0.25, -0.2) is 9.97 Å². The Bertz CT molecular complexity index is 1880. The lowest BCUT2D eigenvalue weighted by Gasteiger charge is -2.36. The average Bonchev–Trinajstić information content (AvgIpc) is 3.60. The van der Waals surface area contributed by atoms with Crippen molar-refractivity contribution in [3.8, 4) is 17.1 Å². The van der Waals surface area contributed by atoms with Crippen LogP contribution in [-0.4, -0.2) is 77.1 Å². The van der Waals surface area contributed by atoms with Crippen molar-refractivity contribution in [2.75, 3.05) is 31.1 Å². The van der Waals surface area contributed by atoms with E-state index in [1.165, 1.54) is 17.1 Å². The number of anilines is 1. The van der Waals surface area contributed by atoms with Gasteiger partial charge in [0.2, 0.25) is 11.7 Å². The van der Waals surface area contributed by atoms with Gasteiger partial charge in [-0.2, -0.15) is 9.50 Å². The number of fused-ring (bicyclic) bond motifs is 2. The van der Waals surface area contributed by atoms with Gasteiger partial charge in [0.05, 0.1) is 17.0 Å². The Morgan fingerprint density at radius 1 is 1.12 bits per heavy atom. The van der Waals surface area contributed by atoms with Gasteiger partial charge in [0.1, 0.15) is 30.4 Å². The molecule has 14 nitrogen and oxygen atoms in total. The number of hydrogen-bond acceptors (Lipinski definition) is 10. The summed E-state index contributed by atoms with van der Waals surface area (Å²) in [5, 5.41) is 15.6. The summed E-state index contributed by atoms with van der Waals surface area (Å²) < 4.78 is 8.46. The number of hydrogen-bond donors (Lipinski definition) is 2. The summed E-state index contributed by atoms with van der Waals surface area (Å²) in [6.45, 7) is 4.49. The lowest BCUT2D eigenvalue weighted by atomic mass is 10.2. The number of nitrogens with two attached hydrogens (primary N) is 1. The highest BCUT2D eigenvalue weighted by Crippen LogP contribution is 2.29. The van der Waals surface area contributed by atoms with Gasteiger partial charge in [-0.3, -0.25) is 14.4 Å². The Morgan fingerprint density at radius 3 is 2.61 bits per heavy atom. The second-order valence-electron chi connectivity index (χ2n) is 9.73. The average molecular weight is 558 g/mol. The summed E-state index contributed by atoms with van der Waals surface area (Å²) in [4.78, 5) is 55.1. The minimum atomic E-state index is -0.593. The zero-order valence-electron chi connectivity index (χ0n) is 22.4. The fourth-order valence-electron chi connectivity index (χ4n) is 5.26. The molecule has 1 saturated heterocycles. The Morgan fingerprint density at radius 2 is 1.88 bits per heavy atom. The molecular formula is C27H27N9O5. The molecule has 5 heterocycles. The van der Waals surface area contributed by atoms with Crippen LogP contribution in [0.4, 0.5) is 5.69 Å². The van der Waals surface area contributed by atoms with Gasteiger partial charge < -0.3 is 29.6 Å². The van der Waals surface area contributed by atoms with E-state index in [1.54, 1.807) is 16.4 Å². The molecule has 0 radical (unpaired) electrons. The van der Waals surface area contributed by atoms with Crippen molar-refractivity contribution in [3.63, 3.8) is 0 Å². The molecule has 3 N–H and O–H groups in total. The Labute approximate surface area is 232 Å². The monoisotopic (exact) mass is 557 g/mol. The van der Waals surface area contributed by atoms with Crippen molar-refractivity contribution in [2.24, 2.45) is 5.73 Å². The number of benzene rings is 1. The highest BCUT2D eigenvalue weighted by atomic mass is 16.3. The summed E-state index contributed by atoms with van der Waals surface area (Å²) in [6.07, 6.45) is 3.19. The number of para-hydroxylation sites is 1. The summed E-state index contributed by atoms with van der Waals surface area (Å²) in [7, 11) is 0. The van der Waals surface area contributed by atoms with Crippen LogP contribution in [0.3, 0.4) is 0 Å². The number of rotatable bonds is 6. The van der Waals surface area contributed by atoms with E-state index in [1.807, 2.05) is 36.1 Å². The molecule has 14 heteroatoms. The highest BCUT2D eigenvalue weighted by molar-refractivity contribution is 5.95. The molecule has 0 aliphatic carbocycles. The van der Waals surface area contributed by atoms with Crippen LogP contribution in [0.2, 0.25) is 0 Å². The smallest absolute Gasteiger partial charge is 0.299 e. The molecule has 5 aromatic rings. The Kier molecular flexibility index (Phi) is 6.36. The fourth-order valence-corrected chi connectivity index (χ4v) is 5.26. The molecule has 0 bridgehead atoms. The van der Waals surface area contributed by atoms with Crippen LogP contribution in [0.5, 0.6) is 5.75 Å². The van der Waals surface area contributed by atoms with Crippen LogP contribution < -0.4 is 16.2 Å². The molecule has 6 rings (SSSR count). The summed E-state index contributed by atoms with van der Waals surface area (Å²) in [5.74, 6) is -0.790. The topological polar surface area (TPSA) is 178 Å². The lowest BCUT2D eigenvalue weighted by molar-refractivity contribution is -0.118. The molecule has 0 unspecified atom stereocenters. The highest BCUT2D eigenvalue weighted by Gasteiger charge is 2.30. The molecule has 2 amide bonds. The molecule has 0 atom stereocenters.